The zero-order valence-corrected chi connectivity index (χ0v) is 11.2. The molecule has 0 aliphatic carbocycles. The summed E-state index contributed by atoms with van der Waals surface area (Å²) in [4.78, 5) is 11.6. The molecule has 0 spiro atoms. The van der Waals surface area contributed by atoms with Gasteiger partial charge in [0.1, 0.15) is 0 Å². The van der Waals surface area contributed by atoms with Gasteiger partial charge in [0.25, 0.3) is 0 Å². The van der Waals surface area contributed by atoms with Gasteiger partial charge in [0.2, 0.25) is 0 Å². The molecule has 0 radical (unpaired) electrons. The van der Waals surface area contributed by atoms with Gasteiger partial charge >= 0.3 is 5.97 Å². The Bertz CT molecular complexity index is 582. The molecule has 98 valence electrons. The van der Waals surface area contributed by atoms with Gasteiger partial charge in [-0.3, -0.25) is 0 Å². The van der Waals surface area contributed by atoms with Crippen molar-refractivity contribution in [3.05, 3.63) is 59.9 Å². The summed E-state index contributed by atoms with van der Waals surface area (Å²) in [5, 5.41) is 0. The Kier molecular flexibility index (Phi) is 4.18. The molecule has 1 aromatic heterocycles. The van der Waals surface area contributed by atoms with Crippen molar-refractivity contribution in [2.75, 3.05) is 6.61 Å². The topological polar surface area (TPSA) is 31.2 Å². The fraction of sp³-hybridized carbons (Fsp3) is 0.188. The van der Waals surface area contributed by atoms with Crippen LogP contribution in [-0.4, -0.2) is 17.1 Å². The van der Waals surface area contributed by atoms with Crippen molar-refractivity contribution in [2.24, 2.45) is 0 Å². The molecule has 0 aliphatic heterocycles. The Morgan fingerprint density at radius 2 is 1.95 bits per heavy atom. The number of benzene rings is 1. The summed E-state index contributed by atoms with van der Waals surface area (Å²) in [6, 6.07) is 13.9. The third-order valence-electron chi connectivity index (χ3n) is 2.78. The lowest BCUT2D eigenvalue weighted by atomic mass is 10.2. The van der Waals surface area contributed by atoms with E-state index in [1.165, 1.54) is 0 Å². The molecule has 0 fully saturated rings. The SMILES string of the molecule is CCOC(=O)C(C)=Cc1cccn1-c1ccccc1. The van der Waals surface area contributed by atoms with E-state index in [2.05, 4.69) is 0 Å². The quantitative estimate of drug-likeness (QED) is 0.619. The average molecular weight is 255 g/mol. The zero-order chi connectivity index (χ0) is 13.7. The van der Waals surface area contributed by atoms with E-state index in [-0.39, 0.29) is 5.97 Å². The number of carbonyl (C=O) groups excluding carboxylic acids is 1. The summed E-state index contributed by atoms with van der Waals surface area (Å²) in [5.74, 6) is -0.275. The second-order valence-electron chi connectivity index (χ2n) is 4.19. The van der Waals surface area contributed by atoms with E-state index in [1.54, 1.807) is 13.8 Å². The van der Waals surface area contributed by atoms with Crippen molar-refractivity contribution in [1.82, 2.24) is 4.57 Å². The van der Waals surface area contributed by atoms with Crippen LogP contribution < -0.4 is 0 Å². The highest BCUT2D eigenvalue weighted by atomic mass is 16.5. The molecule has 0 unspecified atom stereocenters. The predicted octanol–water partition coefficient (Wildman–Crippen LogP) is 3.44. The van der Waals surface area contributed by atoms with Gasteiger partial charge in [-0.25, -0.2) is 4.79 Å². The Hall–Kier alpha value is -2.29. The first-order valence-corrected chi connectivity index (χ1v) is 6.30. The van der Waals surface area contributed by atoms with Gasteiger partial charge in [-0.2, -0.15) is 0 Å². The van der Waals surface area contributed by atoms with Crippen molar-refractivity contribution in [2.45, 2.75) is 13.8 Å². The number of esters is 1. The first kappa shape index (κ1) is 13.1. The van der Waals surface area contributed by atoms with Gasteiger partial charge in [0.15, 0.2) is 0 Å². The van der Waals surface area contributed by atoms with E-state index in [0.717, 1.165) is 11.4 Å². The van der Waals surface area contributed by atoms with Gasteiger partial charge in [0.05, 0.1) is 6.61 Å². The van der Waals surface area contributed by atoms with Crippen molar-refractivity contribution in [1.29, 1.82) is 0 Å². The number of para-hydroxylation sites is 1. The van der Waals surface area contributed by atoms with Crippen molar-refractivity contribution < 1.29 is 9.53 Å². The molecule has 1 heterocycles. The number of aromatic nitrogens is 1. The lowest BCUT2D eigenvalue weighted by molar-refractivity contribution is -0.138. The number of rotatable bonds is 4. The minimum absolute atomic E-state index is 0.275. The highest BCUT2D eigenvalue weighted by molar-refractivity contribution is 5.92. The molecule has 0 atom stereocenters. The minimum Gasteiger partial charge on any atom is -0.463 e. The largest absolute Gasteiger partial charge is 0.463 e. The maximum Gasteiger partial charge on any atom is 0.333 e. The minimum atomic E-state index is -0.275. The van der Waals surface area contributed by atoms with Crippen molar-refractivity contribution >= 4 is 12.0 Å². The van der Waals surface area contributed by atoms with E-state index >= 15 is 0 Å². The molecule has 1 aromatic carbocycles. The van der Waals surface area contributed by atoms with Gasteiger partial charge < -0.3 is 9.30 Å². The molecule has 0 saturated carbocycles. The van der Waals surface area contributed by atoms with Crippen LogP contribution in [0.2, 0.25) is 0 Å². The molecule has 2 aromatic rings. The van der Waals surface area contributed by atoms with Crippen LogP contribution in [-0.2, 0) is 9.53 Å². The van der Waals surface area contributed by atoms with Gasteiger partial charge in [-0.05, 0) is 44.2 Å². The monoisotopic (exact) mass is 255 g/mol. The zero-order valence-electron chi connectivity index (χ0n) is 11.2. The number of hydrogen-bond donors (Lipinski definition) is 0. The van der Waals surface area contributed by atoms with Crippen molar-refractivity contribution in [3.8, 4) is 5.69 Å². The fourth-order valence-electron chi connectivity index (χ4n) is 1.86. The van der Waals surface area contributed by atoms with Crippen LogP contribution in [0.25, 0.3) is 11.8 Å². The number of hydrogen-bond acceptors (Lipinski definition) is 2. The molecule has 19 heavy (non-hydrogen) atoms. The highest BCUT2D eigenvalue weighted by Gasteiger charge is 2.07. The maximum absolute atomic E-state index is 11.6. The van der Waals surface area contributed by atoms with E-state index < -0.39 is 0 Å². The molecule has 2 rings (SSSR count). The van der Waals surface area contributed by atoms with Crippen LogP contribution in [0.15, 0.2) is 54.2 Å². The Morgan fingerprint density at radius 1 is 1.21 bits per heavy atom. The molecular formula is C16H17NO2. The van der Waals surface area contributed by atoms with Crippen LogP contribution >= 0.6 is 0 Å². The second-order valence-corrected chi connectivity index (χ2v) is 4.19. The third-order valence-corrected chi connectivity index (χ3v) is 2.78. The Labute approximate surface area is 113 Å². The predicted molar refractivity (Wildman–Crippen MR) is 76.1 cm³/mol. The van der Waals surface area contributed by atoms with Crippen LogP contribution in [0.1, 0.15) is 19.5 Å². The Balaban J connectivity index is 2.31. The van der Waals surface area contributed by atoms with E-state index in [9.17, 15) is 4.79 Å². The summed E-state index contributed by atoms with van der Waals surface area (Å²) in [6.45, 7) is 3.96. The first-order valence-electron chi connectivity index (χ1n) is 6.30. The summed E-state index contributed by atoms with van der Waals surface area (Å²) in [5.41, 5.74) is 2.62. The second kappa shape index (κ2) is 6.05. The molecule has 3 nitrogen and oxygen atoms in total. The summed E-state index contributed by atoms with van der Waals surface area (Å²) < 4.78 is 7.01. The number of ether oxygens (including phenoxy) is 1. The molecule has 0 aliphatic rings. The van der Waals surface area contributed by atoms with E-state index in [0.29, 0.717) is 12.2 Å². The summed E-state index contributed by atoms with van der Waals surface area (Å²) in [7, 11) is 0. The smallest absolute Gasteiger partial charge is 0.333 e. The van der Waals surface area contributed by atoms with Crippen molar-refractivity contribution in [3.63, 3.8) is 0 Å². The summed E-state index contributed by atoms with van der Waals surface area (Å²) >= 11 is 0. The maximum atomic E-state index is 11.6. The normalized spacial score (nSPS) is 11.4. The van der Waals surface area contributed by atoms with Crippen LogP contribution in [0.4, 0.5) is 0 Å². The lowest BCUT2D eigenvalue weighted by Gasteiger charge is -2.07. The van der Waals surface area contributed by atoms with Gasteiger partial charge in [-0.1, -0.05) is 18.2 Å². The molecule has 0 N–H and O–H groups in total. The lowest BCUT2D eigenvalue weighted by Crippen LogP contribution is -2.05. The number of nitrogens with zero attached hydrogens (tertiary/aromatic N) is 1. The molecular weight excluding hydrogens is 238 g/mol. The molecule has 0 saturated heterocycles. The Morgan fingerprint density at radius 3 is 2.63 bits per heavy atom. The third kappa shape index (κ3) is 3.13. The summed E-state index contributed by atoms with van der Waals surface area (Å²) in [6.07, 6.45) is 3.81. The average Bonchev–Trinajstić information content (AvgIpc) is 2.88. The number of carbonyl (C=O) groups is 1. The van der Waals surface area contributed by atoms with Gasteiger partial charge in [-0.15, -0.1) is 0 Å². The molecule has 3 heteroatoms. The first-order chi connectivity index (χ1) is 9.22. The fourth-order valence-corrected chi connectivity index (χ4v) is 1.86. The van der Waals surface area contributed by atoms with Gasteiger partial charge in [0, 0.05) is 23.2 Å². The van der Waals surface area contributed by atoms with E-state index in [4.69, 9.17) is 4.74 Å². The van der Waals surface area contributed by atoms with Crippen LogP contribution in [0.3, 0.4) is 0 Å². The van der Waals surface area contributed by atoms with Crippen LogP contribution in [0.5, 0.6) is 0 Å². The molecule has 0 bridgehead atoms. The van der Waals surface area contributed by atoms with Crippen LogP contribution in [0, 0.1) is 0 Å². The highest BCUT2D eigenvalue weighted by Crippen LogP contribution is 2.15. The van der Waals surface area contributed by atoms with E-state index in [1.807, 2.05) is 59.3 Å². The molecule has 0 amide bonds. The standard InChI is InChI=1S/C16H17NO2/c1-3-19-16(18)13(2)12-15-10-7-11-17(15)14-8-5-4-6-9-14/h4-12H,3H2,1-2H3.